The van der Waals surface area contributed by atoms with E-state index < -0.39 is 20.0 Å². The minimum Gasteiger partial charge on any atom is -0.496 e. The van der Waals surface area contributed by atoms with Crippen LogP contribution in [0.2, 0.25) is 0 Å². The lowest BCUT2D eigenvalue weighted by Crippen LogP contribution is -2.27. The molecule has 27 heavy (non-hydrogen) atoms. The van der Waals surface area contributed by atoms with Crippen molar-refractivity contribution in [1.29, 1.82) is 0 Å². The highest BCUT2D eigenvalue weighted by Gasteiger charge is 2.27. The van der Waals surface area contributed by atoms with E-state index in [1.807, 2.05) is 22.6 Å². The van der Waals surface area contributed by atoms with Crippen molar-refractivity contribution in [2.75, 3.05) is 24.9 Å². The normalized spacial score (nSPS) is 15.6. The number of benzene rings is 2. The molecule has 0 atom stereocenters. The minimum absolute atomic E-state index is 0.0986. The number of sulfonamides is 2. The maximum atomic E-state index is 12.6. The van der Waals surface area contributed by atoms with Crippen LogP contribution in [0.4, 0.5) is 5.69 Å². The molecule has 7 nitrogen and oxygen atoms in total. The van der Waals surface area contributed by atoms with Crippen molar-refractivity contribution in [3.05, 3.63) is 46.0 Å². The van der Waals surface area contributed by atoms with Gasteiger partial charge in [0.1, 0.15) is 5.75 Å². The smallest absolute Gasteiger partial charge is 0.261 e. The molecule has 1 fully saturated rings. The molecular formula is C17H19IN2O5S2. The minimum atomic E-state index is -3.80. The van der Waals surface area contributed by atoms with Gasteiger partial charge in [-0.1, -0.05) is 0 Å². The quantitative estimate of drug-likeness (QED) is 0.590. The van der Waals surface area contributed by atoms with E-state index in [1.165, 1.54) is 47.8 Å². The summed E-state index contributed by atoms with van der Waals surface area (Å²) < 4.78 is 59.9. The summed E-state index contributed by atoms with van der Waals surface area (Å²) in [5.74, 6) is 0.589. The predicted octanol–water partition coefficient (Wildman–Crippen LogP) is 2.89. The number of hydrogen-bond donors (Lipinski definition) is 1. The Labute approximate surface area is 173 Å². The first-order chi connectivity index (χ1) is 12.7. The summed E-state index contributed by atoms with van der Waals surface area (Å²) >= 11 is 2.00. The van der Waals surface area contributed by atoms with Crippen LogP contribution in [0, 0.1) is 3.57 Å². The van der Waals surface area contributed by atoms with Gasteiger partial charge in [0.2, 0.25) is 10.0 Å². The lowest BCUT2D eigenvalue weighted by atomic mass is 10.3. The Balaban J connectivity index is 1.80. The molecule has 0 spiro atoms. The Bertz CT molecular complexity index is 1030. The van der Waals surface area contributed by atoms with Crippen molar-refractivity contribution in [2.45, 2.75) is 22.6 Å². The van der Waals surface area contributed by atoms with Crippen molar-refractivity contribution >= 4 is 48.3 Å². The molecule has 3 rings (SSSR count). The Morgan fingerprint density at radius 2 is 1.56 bits per heavy atom. The number of anilines is 1. The lowest BCUT2D eigenvalue weighted by molar-refractivity contribution is 0.411. The van der Waals surface area contributed by atoms with Gasteiger partial charge in [-0.05, 0) is 77.9 Å². The second-order valence-electron chi connectivity index (χ2n) is 6.04. The van der Waals surface area contributed by atoms with Crippen LogP contribution in [0.25, 0.3) is 0 Å². The number of hydrogen-bond acceptors (Lipinski definition) is 5. The van der Waals surface area contributed by atoms with Crippen molar-refractivity contribution in [3.8, 4) is 5.75 Å². The fourth-order valence-electron chi connectivity index (χ4n) is 2.80. The van der Waals surface area contributed by atoms with Crippen LogP contribution in [-0.2, 0) is 20.0 Å². The predicted molar refractivity (Wildman–Crippen MR) is 111 cm³/mol. The number of halogens is 1. The van der Waals surface area contributed by atoms with Crippen molar-refractivity contribution < 1.29 is 21.6 Å². The van der Waals surface area contributed by atoms with Crippen molar-refractivity contribution in [2.24, 2.45) is 0 Å². The number of nitrogens with one attached hydrogen (secondary N) is 1. The number of ether oxygens (including phenoxy) is 1. The largest absolute Gasteiger partial charge is 0.496 e. The summed E-state index contributed by atoms with van der Waals surface area (Å²) in [6.45, 7) is 1.04. The zero-order chi connectivity index (χ0) is 19.7. The fourth-order valence-corrected chi connectivity index (χ4v) is 6.35. The fraction of sp³-hybridized carbons (Fsp3) is 0.294. The first kappa shape index (κ1) is 20.4. The van der Waals surface area contributed by atoms with Gasteiger partial charge in [-0.3, -0.25) is 4.72 Å². The summed E-state index contributed by atoms with van der Waals surface area (Å²) in [6, 6.07) is 10.3. The van der Waals surface area contributed by atoms with Gasteiger partial charge in [-0.25, -0.2) is 16.8 Å². The van der Waals surface area contributed by atoms with Gasteiger partial charge in [-0.2, -0.15) is 4.31 Å². The van der Waals surface area contributed by atoms with Gasteiger partial charge < -0.3 is 4.74 Å². The van der Waals surface area contributed by atoms with Gasteiger partial charge >= 0.3 is 0 Å². The summed E-state index contributed by atoms with van der Waals surface area (Å²) in [6.07, 6.45) is 1.72. The monoisotopic (exact) mass is 522 g/mol. The topological polar surface area (TPSA) is 92.8 Å². The molecule has 10 heteroatoms. The molecule has 1 aliphatic heterocycles. The highest BCUT2D eigenvalue weighted by atomic mass is 127. The number of nitrogens with zero attached hydrogens (tertiary/aromatic N) is 1. The third kappa shape index (κ3) is 4.39. The summed E-state index contributed by atoms with van der Waals surface area (Å²) in [5.41, 5.74) is 0.293. The molecule has 2 aromatic carbocycles. The molecule has 0 amide bonds. The summed E-state index contributed by atoms with van der Waals surface area (Å²) in [7, 11) is -5.80. The standard InChI is InChI=1S/C17H19IN2O5S2/c1-25-17-9-8-15(12-16(17)18)26(21,22)19-13-4-6-14(7-5-13)27(23,24)20-10-2-3-11-20/h4-9,12,19H,2-3,10-11H2,1H3. The van der Waals surface area contributed by atoms with E-state index in [2.05, 4.69) is 4.72 Å². The Hall–Kier alpha value is -1.37. The molecule has 1 saturated heterocycles. The zero-order valence-corrected chi connectivity index (χ0v) is 18.3. The Morgan fingerprint density at radius 1 is 0.963 bits per heavy atom. The third-order valence-corrected chi connectivity index (χ3v) is 8.38. The van der Waals surface area contributed by atoms with E-state index >= 15 is 0 Å². The van der Waals surface area contributed by atoms with Crippen LogP contribution in [0.1, 0.15) is 12.8 Å². The van der Waals surface area contributed by atoms with Crippen LogP contribution < -0.4 is 9.46 Å². The van der Waals surface area contributed by atoms with E-state index in [0.29, 0.717) is 28.1 Å². The first-order valence-electron chi connectivity index (χ1n) is 8.20. The average molecular weight is 522 g/mol. The van der Waals surface area contributed by atoms with Gasteiger partial charge in [0.15, 0.2) is 0 Å². The van der Waals surface area contributed by atoms with Crippen LogP contribution in [0.15, 0.2) is 52.3 Å². The van der Waals surface area contributed by atoms with Crippen LogP contribution in [-0.4, -0.2) is 41.3 Å². The molecule has 1 aliphatic rings. The van der Waals surface area contributed by atoms with E-state index in [9.17, 15) is 16.8 Å². The molecule has 0 aliphatic carbocycles. The van der Waals surface area contributed by atoms with Gasteiger partial charge in [0.05, 0.1) is 20.5 Å². The molecule has 0 saturated carbocycles. The molecule has 0 unspecified atom stereocenters. The van der Waals surface area contributed by atoms with Crippen LogP contribution in [0.5, 0.6) is 5.75 Å². The van der Waals surface area contributed by atoms with E-state index in [1.54, 1.807) is 6.07 Å². The van der Waals surface area contributed by atoms with Crippen molar-refractivity contribution in [3.63, 3.8) is 0 Å². The average Bonchev–Trinajstić information content (AvgIpc) is 3.17. The summed E-state index contributed by atoms with van der Waals surface area (Å²) in [4.78, 5) is 0.257. The Kier molecular flexibility index (Phi) is 5.99. The van der Waals surface area contributed by atoms with Crippen LogP contribution in [0.3, 0.4) is 0 Å². The lowest BCUT2D eigenvalue weighted by Gasteiger charge is -2.16. The molecule has 0 aromatic heterocycles. The zero-order valence-electron chi connectivity index (χ0n) is 14.6. The first-order valence-corrected chi connectivity index (χ1v) is 12.2. The molecule has 146 valence electrons. The number of rotatable bonds is 6. The highest BCUT2D eigenvalue weighted by Crippen LogP contribution is 2.26. The molecule has 1 N–H and O–H groups in total. The van der Waals surface area contributed by atoms with Gasteiger partial charge in [0, 0.05) is 18.8 Å². The maximum absolute atomic E-state index is 12.6. The van der Waals surface area contributed by atoms with Gasteiger partial charge in [-0.15, -0.1) is 0 Å². The molecule has 2 aromatic rings. The van der Waals surface area contributed by atoms with Crippen LogP contribution >= 0.6 is 22.6 Å². The van der Waals surface area contributed by atoms with E-state index in [4.69, 9.17) is 4.74 Å². The SMILES string of the molecule is COc1ccc(S(=O)(=O)Nc2ccc(S(=O)(=O)N3CCCC3)cc2)cc1I. The molecule has 0 radical (unpaired) electrons. The van der Waals surface area contributed by atoms with E-state index in [0.717, 1.165) is 12.8 Å². The second kappa shape index (κ2) is 7.94. The van der Waals surface area contributed by atoms with Gasteiger partial charge in [0.25, 0.3) is 10.0 Å². The molecule has 0 bridgehead atoms. The third-order valence-electron chi connectivity index (χ3n) is 4.24. The molecular weight excluding hydrogens is 503 g/mol. The Morgan fingerprint density at radius 3 is 2.11 bits per heavy atom. The van der Waals surface area contributed by atoms with E-state index in [-0.39, 0.29) is 9.79 Å². The molecule has 1 heterocycles. The maximum Gasteiger partial charge on any atom is 0.261 e. The highest BCUT2D eigenvalue weighted by molar-refractivity contribution is 14.1. The summed E-state index contributed by atoms with van der Waals surface area (Å²) in [5, 5.41) is 0. The van der Waals surface area contributed by atoms with Crippen molar-refractivity contribution in [1.82, 2.24) is 4.31 Å². The second-order valence-corrected chi connectivity index (χ2v) is 10.8. The number of methoxy groups -OCH3 is 1.